The van der Waals surface area contributed by atoms with Crippen LogP contribution in [0.4, 0.5) is 10.5 Å². The lowest BCUT2D eigenvalue weighted by Gasteiger charge is -2.28. The molecule has 11 heteroatoms. The first-order valence-corrected chi connectivity index (χ1v) is 14.1. The van der Waals surface area contributed by atoms with Crippen LogP contribution in [0.3, 0.4) is 0 Å². The Balaban J connectivity index is 1.71. The lowest BCUT2D eigenvalue weighted by Crippen LogP contribution is -2.54. The fourth-order valence-electron chi connectivity index (χ4n) is 4.05. The molecule has 0 spiro atoms. The topological polar surface area (TPSA) is 103 Å². The van der Waals surface area contributed by atoms with Crippen LogP contribution in [0.5, 0.6) is 23.0 Å². The maximum Gasteiger partial charge on any atom is 0.336 e. The first-order chi connectivity index (χ1) is 19.8. The normalized spacial score (nSPS) is 14.2. The van der Waals surface area contributed by atoms with Crippen molar-refractivity contribution in [2.24, 2.45) is 0 Å². The molecule has 9 nitrogen and oxygen atoms in total. The van der Waals surface area contributed by atoms with E-state index in [0.29, 0.717) is 52.1 Å². The highest BCUT2D eigenvalue weighted by atomic mass is 79.9. The molecule has 1 saturated heterocycles. The van der Waals surface area contributed by atoms with Crippen molar-refractivity contribution in [2.75, 3.05) is 24.7 Å². The van der Waals surface area contributed by atoms with Gasteiger partial charge in [-0.15, -0.1) is 0 Å². The van der Waals surface area contributed by atoms with E-state index in [1.54, 1.807) is 37.3 Å². The number of carbonyl (C=O) groups is 3. The average Bonchev–Trinajstić information content (AvgIpc) is 2.94. The van der Waals surface area contributed by atoms with Gasteiger partial charge < -0.3 is 18.9 Å². The summed E-state index contributed by atoms with van der Waals surface area (Å²) >= 11 is 9.77. The molecule has 1 aliphatic rings. The van der Waals surface area contributed by atoms with Crippen LogP contribution in [0, 0.1) is 0 Å². The smallest absolute Gasteiger partial charge is 0.336 e. The molecule has 0 aliphatic carbocycles. The molecule has 1 aliphatic heterocycles. The monoisotopic (exact) mass is 642 g/mol. The number of anilines is 1. The molecule has 0 saturated carbocycles. The van der Waals surface area contributed by atoms with Crippen LogP contribution in [0.15, 0.2) is 64.6 Å². The Kier molecular flexibility index (Phi) is 9.91. The van der Waals surface area contributed by atoms with Crippen LogP contribution < -0.4 is 29.2 Å². The zero-order chi connectivity index (χ0) is 29.5. The molecule has 1 fully saturated rings. The van der Waals surface area contributed by atoms with Crippen LogP contribution in [-0.4, -0.2) is 37.7 Å². The van der Waals surface area contributed by atoms with Crippen LogP contribution >= 0.6 is 27.5 Å². The minimum Gasteiger partial charge on any atom is -0.494 e. The van der Waals surface area contributed by atoms with E-state index in [2.05, 4.69) is 21.2 Å². The largest absolute Gasteiger partial charge is 0.494 e. The number of nitrogens with one attached hydrogen (secondary N) is 1. The summed E-state index contributed by atoms with van der Waals surface area (Å²) in [6.45, 7) is 6.64. The van der Waals surface area contributed by atoms with Gasteiger partial charge in [0.2, 0.25) is 0 Å². The van der Waals surface area contributed by atoms with Crippen molar-refractivity contribution in [1.82, 2.24) is 5.32 Å². The molecular weight excluding hydrogens is 616 g/mol. The Hall–Kier alpha value is -4.02. The van der Waals surface area contributed by atoms with Crippen molar-refractivity contribution in [2.45, 2.75) is 27.4 Å². The minimum absolute atomic E-state index is 0.149. The summed E-state index contributed by atoms with van der Waals surface area (Å²) in [4.78, 5) is 40.3. The van der Waals surface area contributed by atoms with Crippen molar-refractivity contribution in [3.8, 4) is 23.0 Å². The number of amides is 4. The van der Waals surface area contributed by atoms with E-state index in [1.165, 1.54) is 12.1 Å². The van der Waals surface area contributed by atoms with Gasteiger partial charge in [0.25, 0.3) is 11.8 Å². The second-order valence-corrected chi connectivity index (χ2v) is 9.85. The molecule has 3 aromatic rings. The molecular formula is C30H28BrClN2O7. The maximum absolute atomic E-state index is 13.7. The van der Waals surface area contributed by atoms with Gasteiger partial charge in [0, 0.05) is 21.1 Å². The summed E-state index contributed by atoms with van der Waals surface area (Å²) in [5.74, 6) is -0.102. The summed E-state index contributed by atoms with van der Waals surface area (Å²) in [5, 5.41) is 2.82. The third kappa shape index (κ3) is 6.83. The molecule has 4 amide bonds. The SMILES string of the molecule is CCOc1ccc(OCC)c(N2C(=O)NC(=O)/C(=C\c3cc(OCC)c(OCc4ccccc4Cl)cc3Br)C2=O)c1. The standard InChI is InChI=1S/C30H28BrClN2O7/c1-4-38-20-11-12-25(39-5-2)24(15-20)34-29(36)21(28(35)33-30(34)37)13-19-14-26(40-6-3)27(16-22(19)31)41-17-18-9-7-8-10-23(18)32/h7-16H,4-6,17H2,1-3H3,(H,33,35,37)/b21-13+. The van der Waals surface area contributed by atoms with Crippen LogP contribution in [0.25, 0.3) is 6.08 Å². The molecule has 0 bridgehead atoms. The first-order valence-electron chi connectivity index (χ1n) is 12.9. The number of barbiturate groups is 1. The Morgan fingerprint density at radius 2 is 1.54 bits per heavy atom. The third-order valence-corrected chi connectivity index (χ3v) is 6.94. The molecule has 0 atom stereocenters. The number of urea groups is 1. The Morgan fingerprint density at radius 1 is 0.854 bits per heavy atom. The fourth-order valence-corrected chi connectivity index (χ4v) is 4.68. The Bertz CT molecular complexity index is 1510. The number of hydrogen-bond acceptors (Lipinski definition) is 7. The van der Waals surface area contributed by atoms with Crippen molar-refractivity contribution in [3.63, 3.8) is 0 Å². The number of nitrogens with zero attached hydrogens (tertiary/aromatic N) is 1. The molecule has 1 heterocycles. The number of halogens is 2. The molecule has 41 heavy (non-hydrogen) atoms. The first kappa shape index (κ1) is 30.0. The lowest BCUT2D eigenvalue weighted by atomic mass is 10.1. The molecule has 3 aromatic carbocycles. The summed E-state index contributed by atoms with van der Waals surface area (Å²) < 4.78 is 23.5. The van der Waals surface area contributed by atoms with Gasteiger partial charge >= 0.3 is 6.03 Å². The zero-order valence-corrected chi connectivity index (χ0v) is 25.0. The molecule has 0 aromatic heterocycles. The lowest BCUT2D eigenvalue weighted by molar-refractivity contribution is -0.122. The van der Waals surface area contributed by atoms with Gasteiger partial charge in [-0.3, -0.25) is 14.9 Å². The van der Waals surface area contributed by atoms with E-state index < -0.39 is 17.8 Å². The molecule has 0 unspecified atom stereocenters. The summed E-state index contributed by atoms with van der Waals surface area (Å²) in [6, 6.07) is 14.6. The van der Waals surface area contributed by atoms with Crippen molar-refractivity contribution in [1.29, 1.82) is 0 Å². The quantitative estimate of drug-likeness (QED) is 0.187. The number of imide groups is 2. The summed E-state index contributed by atoms with van der Waals surface area (Å²) in [5.41, 5.74) is 1.14. The van der Waals surface area contributed by atoms with Gasteiger partial charge in [0.05, 0.1) is 25.5 Å². The molecule has 1 N–H and O–H groups in total. The molecule has 0 radical (unpaired) electrons. The number of ether oxygens (including phenoxy) is 4. The number of hydrogen-bond donors (Lipinski definition) is 1. The molecule has 214 valence electrons. The molecule has 4 rings (SSSR count). The van der Waals surface area contributed by atoms with Crippen LogP contribution in [0.1, 0.15) is 31.9 Å². The van der Waals surface area contributed by atoms with Crippen LogP contribution in [0.2, 0.25) is 5.02 Å². The fraction of sp³-hybridized carbons (Fsp3) is 0.233. The van der Waals surface area contributed by atoms with Crippen LogP contribution in [-0.2, 0) is 16.2 Å². The highest BCUT2D eigenvalue weighted by molar-refractivity contribution is 9.10. The van der Waals surface area contributed by atoms with Gasteiger partial charge in [-0.25, -0.2) is 9.69 Å². The van der Waals surface area contributed by atoms with Gasteiger partial charge in [0.15, 0.2) is 11.5 Å². The number of benzene rings is 3. The highest BCUT2D eigenvalue weighted by Crippen LogP contribution is 2.38. The summed E-state index contributed by atoms with van der Waals surface area (Å²) in [6.07, 6.45) is 1.38. The van der Waals surface area contributed by atoms with Gasteiger partial charge in [-0.2, -0.15) is 0 Å². The van der Waals surface area contributed by atoms with Gasteiger partial charge in [-0.1, -0.05) is 45.7 Å². The van der Waals surface area contributed by atoms with E-state index >= 15 is 0 Å². The second-order valence-electron chi connectivity index (χ2n) is 8.59. The summed E-state index contributed by atoms with van der Waals surface area (Å²) in [7, 11) is 0. The Labute approximate surface area is 251 Å². The third-order valence-electron chi connectivity index (χ3n) is 5.89. The van der Waals surface area contributed by atoms with E-state index in [1.807, 2.05) is 32.0 Å². The minimum atomic E-state index is -0.899. The average molecular weight is 644 g/mol. The number of carbonyl (C=O) groups excluding carboxylic acids is 3. The van der Waals surface area contributed by atoms with Crippen molar-refractivity contribution >= 4 is 57.1 Å². The van der Waals surface area contributed by atoms with Gasteiger partial charge in [0.1, 0.15) is 23.7 Å². The van der Waals surface area contributed by atoms with E-state index in [-0.39, 0.29) is 23.6 Å². The van der Waals surface area contributed by atoms with Crippen molar-refractivity contribution in [3.05, 3.63) is 80.8 Å². The highest BCUT2D eigenvalue weighted by Gasteiger charge is 2.38. The van der Waals surface area contributed by atoms with Gasteiger partial charge in [-0.05, 0) is 62.7 Å². The van der Waals surface area contributed by atoms with E-state index in [0.717, 1.165) is 10.5 Å². The predicted molar refractivity (Wildman–Crippen MR) is 159 cm³/mol. The Morgan fingerprint density at radius 3 is 2.24 bits per heavy atom. The number of rotatable bonds is 11. The van der Waals surface area contributed by atoms with E-state index in [4.69, 9.17) is 30.5 Å². The predicted octanol–water partition coefficient (Wildman–Crippen LogP) is 6.54. The second kappa shape index (κ2) is 13.6. The van der Waals surface area contributed by atoms with E-state index in [9.17, 15) is 14.4 Å². The zero-order valence-electron chi connectivity index (χ0n) is 22.7. The van der Waals surface area contributed by atoms with Crippen molar-refractivity contribution < 1.29 is 33.3 Å². The maximum atomic E-state index is 13.7.